The van der Waals surface area contributed by atoms with Crippen molar-refractivity contribution in [3.63, 3.8) is 0 Å². The molecule has 2 aromatic rings. The number of hydrogen-bond acceptors (Lipinski definition) is 5. The summed E-state index contributed by atoms with van der Waals surface area (Å²) in [4.78, 5) is 4.89. The van der Waals surface area contributed by atoms with Crippen LogP contribution in [0.2, 0.25) is 4.47 Å². The van der Waals surface area contributed by atoms with Gasteiger partial charge in [-0.1, -0.05) is 16.8 Å². The summed E-state index contributed by atoms with van der Waals surface area (Å²) in [5.74, 6) is 0.740. The first-order valence-electron chi connectivity index (χ1n) is 4.78. The van der Waals surface area contributed by atoms with Gasteiger partial charge in [0.05, 0.1) is 11.1 Å². The van der Waals surface area contributed by atoms with Gasteiger partial charge in [0.25, 0.3) is 0 Å². The summed E-state index contributed by atoms with van der Waals surface area (Å²) in [5.41, 5.74) is 0.806. The number of oxime groups is 1. The number of hydrogen-bond donors (Lipinski definition) is 1. The summed E-state index contributed by atoms with van der Waals surface area (Å²) >= 11 is 7.10. The van der Waals surface area contributed by atoms with E-state index in [0.717, 1.165) is 16.2 Å². The van der Waals surface area contributed by atoms with Gasteiger partial charge >= 0.3 is 0 Å². The minimum absolute atomic E-state index is 0.442. The third kappa shape index (κ3) is 3.44. The van der Waals surface area contributed by atoms with E-state index in [9.17, 15) is 0 Å². The molecule has 0 saturated carbocycles. The Morgan fingerprint density at radius 1 is 1.41 bits per heavy atom. The molecule has 0 radical (unpaired) electrons. The van der Waals surface area contributed by atoms with Crippen LogP contribution in [-0.2, 0) is 6.61 Å². The number of rotatable bonds is 4. The quantitative estimate of drug-likeness (QED) is 0.526. The molecule has 0 amide bonds. The van der Waals surface area contributed by atoms with Crippen LogP contribution in [0.5, 0.6) is 5.75 Å². The first-order chi connectivity index (χ1) is 8.28. The van der Waals surface area contributed by atoms with E-state index in [4.69, 9.17) is 21.5 Å². The molecule has 2 rings (SSSR count). The van der Waals surface area contributed by atoms with E-state index in [0.29, 0.717) is 11.1 Å². The first kappa shape index (κ1) is 11.9. The fourth-order valence-electron chi connectivity index (χ4n) is 1.22. The molecule has 0 fully saturated rings. The van der Waals surface area contributed by atoms with Crippen LogP contribution in [0.25, 0.3) is 0 Å². The van der Waals surface area contributed by atoms with Gasteiger partial charge in [0, 0.05) is 6.20 Å². The Bertz CT molecular complexity index is 510. The van der Waals surface area contributed by atoms with Crippen LogP contribution in [-0.4, -0.2) is 16.4 Å². The number of nitrogens with zero attached hydrogens (tertiary/aromatic N) is 2. The first-order valence-corrected chi connectivity index (χ1v) is 5.98. The molecule has 88 valence electrons. The summed E-state index contributed by atoms with van der Waals surface area (Å²) in [7, 11) is 0. The maximum atomic E-state index is 8.36. The Labute approximate surface area is 107 Å². The molecule has 17 heavy (non-hydrogen) atoms. The molecule has 0 atom stereocenters. The van der Waals surface area contributed by atoms with Gasteiger partial charge in [-0.05, 0) is 29.8 Å². The lowest BCUT2D eigenvalue weighted by molar-refractivity contribution is 0.309. The van der Waals surface area contributed by atoms with Crippen molar-refractivity contribution >= 4 is 29.2 Å². The van der Waals surface area contributed by atoms with Crippen molar-refractivity contribution in [1.82, 2.24) is 4.98 Å². The van der Waals surface area contributed by atoms with Crippen LogP contribution in [0, 0.1) is 0 Å². The van der Waals surface area contributed by atoms with Gasteiger partial charge in [0.1, 0.15) is 12.4 Å². The predicted molar refractivity (Wildman–Crippen MR) is 67.3 cm³/mol. The largest absolute Gasteiger partial charge is 0.488 e. The third-order valence-corrected chi connectivity index (χ3v) is 3.08. The standard InChI is InChI=1S/C11H9ClN2O2S/c12-11-13-6-10(17-11)7-16-9-3-1-8(2-4-9)5-14-15/h1-6,15H,7H2/b14-5+. The van der Waals surface area contributed by atoms with E-state index in [2.05, 4.69) is 10.1 Å². The van der Waals surface area contributed by atoms with Crippen molar-refractivity contribution in [2.45, 2.75) is 6.61 Å². The van der Waals surface area contributed by atoms with Gasteiger partial charge in [-0.3, -0.25) is 0 Å². The summed E-state index contributed by atoms with van der Waals surface area (Å²) in [5, 5.41) is 11.3. The molecule has 0 aliphatic carbocycles. The number of thiazole rings is 1. The Hall–Kier alpha value is -1.59. The molecule has 1 heterocycles. The molecule has 0 bridgehead atoms. The van der Waals surface area contributed by atoms with Crippen LogP contribution in [0.1, 0.15) is 10.4 Å². The van der Waals surface area contributed by atoms with Crippen molar-refractivity contribution in [3.8, 4) is 5.75 Å². The van der Waals surface area contributed by atoms with Crippen LogP contribution >= 0.6 is 22.9 Å². The summed E-state index contributed by atoms with van der Waals surface area (Å²) in [6.07, 6.45) is 3.05. The highest BCUT2D eigenvalue weighted by molar-refractivity contribution is 7.15. The zero-order valence-electron chi connectivity index (χ0n) is 8.71. The second-order valence-corrected chi connectivity index (χ2v) is 4.88. The van der Waals surface area contributed by atoms with Gasteiger partial charge in [0.15, 0.2) is 4.47 Å². The Balaban J connectivity index is 1.95. The zero-order chi connectivity index (χ0) is 12.1. The average Bonchev–Trinajstić information content (AvgIpc) is 2.75. The summed E-state index contributed by atoms with van der Waals surface area (Å²) < 4.78 is 6.06. The van der Waals surface area contributed by atoms with E-state index in [-0.39, 0.29) is 0 Å². The van der Waals surface area contributed by atoms with Gasteiger partial charge in [0.2, 0.25) is 0 Å². The topological polar surface area (TPSA) is 54.7 Å². The third-order valence-electron chi connectivity index (χ3n) is 1.99. The molecular weight excluding hydrogens is 260 g/mol. The van der Waals surface area contributed by atoms with Crippen LogP contribution in [0.3, 0.4) is 0 Å². The van der Waals surface area contributed by atoms with Crippen molar-refractivity contribution < 1.29 is 9.94 Å². The molecule has 0 spiro atoms. The van der Waals surface area contributed by atoms with Gasteiger partial charge < -0.3 is 9.94 Å². The number of ether oxygens (including phenoxy) is 1. The molecule has 0 saturated heterocycles. The van der Waals surface area contributed by atoms with Crippen LogP contribution in [0.15, 0.2) is 35.6 Å². The minimum Gasteiger partial charge on any atom is -0.488 e. The van der Waals surface area contributed by atoms with Gasteiger partial charge in [-0.2, -0.15) is 0 Å². The lowest BCUT2D eigenvalue weighted by Crippen LogP contribution is -1.93. The molecule has 1 aromatic carbocycles. The number of aromatic nitrogens is 1. The van der Waals surface area contributed by atoms with Crippen LogP contribution in [0.4, 0.5) is 0 Å². The Kier molecular flexibility index (Phi) is 3.95. The van der Waals surface area contributed by atoms with Gasteiger partial charge in [-0.15, -0.1) is 11.3 Å². The molecule has 0 aliphatic rings. The number of benzene rings is 1. The highest BCUT2D eigenvalue weighted by Crippen LogP contribution is 2.20. The molecule has 6 heteroatoms. The fourth-order valence-corrected chi connectivity index (χ4v) is 2.11. The lowest BCUT2D eigenvalue weighted by atomic mass is 10.2. The van der Waals surface area contributed by atoms with Crippen molar-refractivity contribution in [3.05, 3.63) is 45.4 Å². The van der Waals surface area contributed by atoms with Crippen molar-refractivity contribution in [2.24, 2.45) is 5.16 Å². The van der Waals surface area contributed by atoms with E-state index in [1.807, 2.05) is 0 Å². The Morgan fingerprint density at radius 2 is 2.18 bits per heavy atom. The zero-order valence-corrected chi connectivity index (χ0v) is 10.3. The molecular formula is C11H9ClN2O2S. The second kappa shape index (κ2) is 5.65. The van der Waals surface area contributed by atoms with E-state index in [1.54, 1.807) is 30.5 Å². The van der Waals surface area contributed by atoms with E-state index >= 15 is 0 Å². The predicted octanol–water partition coefficient (Wildman–Crippen LogP) is 3.18. The van der Waals surface area contributed by atoms with Crippen LogP contribution < -0.4 is 4.74 Å². The van der Waals surface area contributed by atoms with E-state index in [1.165, 1.54) is 17.6 Å². The average molecular weight is 269 g/mol. The van der Waals surface area contributed by atoms with E-state index < -0.39 is 0 Å². The fraction of sp³-hybridized carbons (Fsp3) is 0.0909. The molecule has 4 nitrogen and oxygen atoms in total. The van der Waals surface area contributed by atoms with Crippen molar-refractivity contribution in [2.75, 3.05) is 0 Å². The molecule has 0 aliphatic heterocycles. The smallest absolute Gasteiger partial charge is 0.183 e. The minimum atomic E-state index is 0.442. The SMILES string of the molecule is O/N=C/c1ccc(OCc2cnc(Cl)s2)cc1. The highest BCUT2D eigenvalue weighted by Gasteiger charge is 2.00. The Morgan fingerprint density at radius 3 is 2.76 bits per heavy atom. The summed E-state index contributed by atoms with van der Waals surface area (Å²) in [6, 6.07) is 7.21. The van der Waals surface area contributed by atoms with Gasteiger partial charge in [-0.25, -0.2) is 4.98 Å². The monoisotopic (exact) mass is 268 g/mol. The normalized spacial score (nSPS) is 10.9. The maximum absolute atomic E-state index is 8.36. The maximum Gasteiger partial charge on any atom is 0.183 e. The summed E-state index contributed by atoms with van der Waals surface area (Å²) in [6.45, 7) is 0.442. The molecule has 0 unspecified atom stereocenters. The molecule has 1 aromatic heterocycles. The lowest BCUT2D eigenvalue weighted by Gasteiger charge is -2.03. The molecule has 1 N–H and O–H groups in total. The van der Waals surface area contributed by atoms with Crippen molar-refractivity contribution in [1.29, 1.82) is 0 Å². The second-order valence-electron chi connectivity index (χ2n) is 3.18. The number of halogens is 1. The highest BCUT2D eigenvalue weighted by atomic mass is 35.5.